The highest BCUT2D eigenvalue weighted by atomic mass is 32.2. The number of sulfonamides is 1. The van der Waals surface area contributed by atoms with Crippen molar-refractivity contribution in [1.29, 1.82) is 0 Å². The first-order valence-electron chi connectivity index (χ1n) is 12.1. The number of primary amides is 1. The van der Waals surface area contributed by atoms with Gasteiger partial charge in [0, 0.05) is 41.0 Å². The van der Waals surface area contributed by atoms with Gasteiger partial charge >= 0.3 is 0 Å². The molecule has 0 atom stereocenters. The maximum atomic E-state index is 12.3. The zero-order chi connectivity index (χ0) is 23.9. The van der Waals surface area contributed by atoms with Gasteiger partial charge in [-0.2, -0.15) is 0 Å². The number of H-pyrrole nitrogens is 1. The van der Waals surface area contributed by atoms with E-state index in [0.717, 1.165) is 59.4 Å². The molecule has 2 fully saturated rings. The molecule has 0 bridgehead atoms. The van der Waals surface area contributed by atoms with Gasteiger partial charge in [-0.15, -0.1) is 11.3 Å². The predicted octanol–water partition coefficient (Wildman–Crippen LogP) is 4.12. The van der Waals surface area contributed by atoms with Crippen LogP contribution in [0, 0.1) is 0 Å². The number of aromatic amines is 1. The van der Waals surface area contributed by atoms with E-state index in [1.54, 1.807) is 22.6 Å². The lowest BCUT2D eigenvalue weighted by Gasteiger charge is -2.31. The minimum atomic E-state index is -3.16. The second-order valence-corrected chi connectivity index (χ2v) is 12.8. The Morgan fingerprint density at radius 2 is 1.88 bits per heavy atom. The summed E-state index contributed by atoms with van der Waals surface area (Å²) < 4.78 is 26.1. The van der Waals surface area contributed by atoms with E-state index >= 15 is 0 Å². The van der Waals surface area contributed by atoms with Crippen LogP contribution in [0.1, 0.15) is 59.3 Å². The molecule has 2 aliphatic rings. The largest absolute Gasteiger partial charge is 0.366 e. The molecule has 0 spiro atoms. The van der Waals surface area contributed by atoms with Gasteiger partial charge in [0.05, 0.1) is 16.8 Å². The number of fused-ring (bicyclic) bond motifs is 1. The molecule has 34 heavy (non-hydrogen) atoms. The molecule has 0 aliphatic carbocycles. The Labute approximate surface area is 205 Å². The molecule has 7 nitrogen and oxygen atoms in total. The van der Waals surface area contributed by atoms with Crippen molar-refractivity contribution in [3.8, 4) is 10.4 Å². The number of carbonyl (C=O) groups excluding carboxylic acids is 1. The number of piperidine rings is 1. The zero-order valence-electron chi connectivity index (χ0n) is 19.5. The molecule has 2 aliphatic heterocycles. The number of nitrogens with one attached hydrogen (secondary N) is 1. The minimum Gasteiger partial charge on any atom is -0.366 e. The maximum Gasteiger partial charge on any atom is 0.250 e. The molecule has 0 saturated carbocycles. The zero-order valence-corrected chi connectivity index (χ0v) is 21.2. The van der Waals surface area contributed by atoms with E-state index in [1.807, 2.05) is 12.3 Å². The number of aromatic nitrogens is 1. The van der Waals surface area contributed by atoms with Crippen molar-refractivity contribution in [3.63, 3.8) is 0 Å². The quantitative estimate of drug-likeness (QED) is 0.510. The first-order valence-corrected chi connectivity index (χ1v) is 14.5. The van der Waals surface area contributed by atoms with Crippen molar-refractivity contribution in [2.75, 3.05) is 31.9 Å². The van der Waals surface area contributed by atoms with Gasteiger partial charge in [-0.3, -0.25) is 9.69 Å². The molecule has 2 aromatic heterocycles. The lowest BCUT2D eigenvalue weighted by molar-refractivity contribution is 0.100. The number of benzene rings is 1. The van der Waals surface area contributed by atoms with Crippen LogP contribution in [0.25, 0.3) is 21.3 Å². The molecule has 3 N–H and O–H groups in total. The van der Waals surface area contributed by atoms with Crippen LogP contribution >= 0.6 is 11.3 Å². The SMILES string of the molecule is CCS(=O)(=O)N1CCC(c2c[nH]c3c(C(N)=O)cc(-c4ccc(CN5CCCC5)s4)cc23)CC1. The van der Waals surface area contributed by atoms with E-state index in [0.29, 0.717) is 18.7 Å². The van der Waals surface area contributed by atoms with Gasteiger partial charge in [-0.25, -0.2) is 12.7 Å². The van der Waals surface area contributed by atoms with Gasteiger partial charge in [0.25, 0.3) is 5.91 Å². The summed E-state index contributed by atoms with van der Waals surface area (Å²) in [6.45, 7) is 6.05. The van der Waals surface area contributed by atoms with Crippen LogP contribution in [0.4, 0.5) is 0 Å². The molecule has 1 aromatic carbocycles. The van der Waals surface area contributed by atoms with Crippen LogP contribution in [0.2, 0.25) is 0 Å². The highest BCUT2D eigenvalue weighted by molar-refractivity contribution is 7.89. The fraction of sp³-hybridized carbons (Fsp3) is 0.480. The maximum absolute atomic E-state index is 12.3. The van der Waals surface area contributed by atoms with Gasteiger partial charge in [0.1, 0.15) is 0 Å². The van der Waals surface area contributed by atoms with E-state index in [-0.39, 0.29) is 11.7 Å². The topological polar surface area (TPSA) is 99.5 Å². The second-order valence-electron chi connectivity index (χ2n) is 9.38. The molecule has 9 heteroatoms. The number of hydrogen-bond acceptors (Lipinski definition) is 5. The third-order valence-corrected chi connectivity index (χ3v) is 10.3. The van der Waals surface area contributed by atoms with Crippen molar-refractivity contribution in [2.45, 2.75) is 45.1 Å². The fourth-order valence-corrected chi connectivity index (χ4v) is 7.50. The normalized spacial score (nSPS) is 18.7. The summed E-state index contributed by atoms with van der Waals surface area (Å²) in [6, 6.07) is 8.39. The highest BCUT2D eigenvalue weighted by Crippen LogP contribution is 2.38. The lowest BCUT2D eigenvalue weighted by Crippen LogP contribution is -2.38. The van der Waals surface area contributed by atoms with Gasteiger partial charge in [0.2, 0.25) is 10.0 Å². The Kier molecular flexibility index (Phi) is 6.54. The molecular formula is C25H32N4O3S2. The molecular weight excluding hydrogens is 468 g/mol. The summed E-state index contributed by atoms with van der Waals surface area (Å²) >= 11 is 1.77. The average Bonchev–Trinajstić information content (AvgIpc) is 3.60. The summed E-state index contributed by atoms with van der Waals surface area (Å²) in [4.78, 5) is 20.6. The number of hydrogen-bond donors (Lipinski definition) is 2. The Balaban J connectivity index is 1.45. The summed E-state index contributed by atoms with van der Waals surface area (Å²) in [5, 5.41) is 1.01. The summed E-state index contributed by atoms with van der Waals surface area (Å²) in [5.74, 6) is -0.0727. The van der Waals surface area contributed by atoms with Crippen LogP contribution in [-0.4, -0.2) is 60.4 Å². The number of nitrogens with zero attached hydrogens (tertiary/aromatic N) is 2. The van der Waals surface area contributed by atoms with Crippen LogP contribution in [0.5, 0.6) is 0 Å². The van der Waals surface area contributed by atoms with E-state index in [1.165, 1.54) is 17.7 Å². The smallest absolute Gasteiger partial charge is 0.250 e. The highest BCUT2D eigenvalue weighted by Gasteiger charge is 2.29. The third kappa shape index (κ3) is 4.54. The third-order valence-electron chi connectivity index (χ3n) is 7.26. The number of likely N-dealkylation sites (tertiary alicyclic amines) is 1. The summed E-state index contributed by atoms with van der Waals surface area (Å²) in [5.41, 5.74) is 9.19. The van der Waals surface area contributed by atoms with Crippen LogP contribution < -0.4 is 5.73 Å². The summed E-state index contributed by atoms with van der Waals surface area (Å²) in [6.07, 6.45) is 6.05. The molecule has 3 aromatic rings. The second kappa shape index (κ2) is 9.45. The molecule has 2 saturated heterocycles. The average molecular weight is 501 g/mol. The number of nitrogens with two attached hydrogens (primary N) is 1. The monoisotopic (exact) mass is 500 g/mol. The van der Waals surface area contributed by atoms with Crippen LogP contribution in [0.3, 0.4) is 0 Å². The Morgan fingerprint density at radius 1 is 1.15 bits per heavy atom. The standard InChI is InChI=1S/C25H32N4O3S2/c1-2-34(31,32)29-11-7-17(8-12-29)22-15-27-24-20(22)13-18(14-21(24)25(26)30)23-6-5-19(33-23)16-28-9-3-4-10-28/h5-6,13-15,17,27H,2-4,7-12,16H2,1H3,(H2,26,30). The minimum absolute atomic E-state index is 0.136. The van der Waals surface area contributed by atoms with E-state index in [4.69, 9.17) is 5.73 Å². The van der Waals surface area contributed by atoms with Crippen molar-refractivity contribution in [3.05, 3.63) is 46.5 Å². The number of thiophene rings is 1. The van der Waals surface area contributed by atoms with Crippen LogP contribution in [-0.2, 0) is 16.6 Å². The Morgan fingerprint density at radius 3 is 2.56 bits per heavy atom. The van der Waals surface area contributed by atoms with E-state index < -0.39 is 15.9 Å². The molecule has 4 heterocycles. The van der Waals surface area contributed by atoms with Crippen molar-refractivity contribution < 1.29 is 13.2 Å². The molecule has 0 radical (unpaired) electrons. The van der Waals surface area contributed by atoms with Crippen LogP contribution in [0.15, 0.2) is 30.5 Å². The number of carbonyl (C=O) groups is 1. The van der Waals surface area contributed by atoms with Crippen molar-refractivity contribution in [2.24, 2.45) is 5.73 Å². The van der Waals surface area contributed by atoms with Gasteiger partial charge in [-0.05, 0) is 87.0 Å². The number of amides is 1. The van der Waals surface area contributed by atoms with E-state index in [2.05, 4.69) is 28.1 Å². The van der Waals surface area contributed by atoms with Gasteiger partial charge in [-0.1, -0.05) is 0 Å². The first kappa shape index (κ1) is 23.5. The first-order chi connectivity index (χ1) is 16.4. The van der Waals surface area contributed by atoms with Crippen molar-refractivity contribution in [1.82, 2.24) is 14.2 Å². The molecule has 1 amide bonds. The fourth-order valence-electron chi connectivity index (χ4n) is 5.33. The number of rotatable bonds is 7. The predicted molar refractivity (Wildman–Crippen MR) is 138 cm³/mol. The van der Waals surface area contributed by atoms with E-state index in [9.17, 15) is 13.2 Å². The Bertz CT molecular complexity index is 1300. The Hall–Kier alpha value is -2.20. The van der Waals surface area contributed by atoms with Gasteiger partial charge in [0.15, 0.2) is 0 Å². The molecule has 182 valence electrons. The summed E-state index contributed by atoms with van der Waals surface area (Å²) in [7, 11) is -3.16. The lowest BCUT2D eigenvalue weighted by atomic mass is 9.89. The van der Waals surface area contributed by atoms with Gasteiger partial charge < -0.3 is 10.7 Å². The molecule has 0 unspecified atom stereocenters. The molecule has 5 rings (SSSR count). The van der Waals surface area contributed by atoms with Crippen molar-refractivity contribution >= 4 is 38.2 Å².